The fraction of sp³-hybridized carbons (Fsp3) is 0.897. The summed E-state index contributed by atoms with van der Waals surface area (Å²) in [4.78, 5) is 0. The number of unbranched alkanes of at least 4 members (excludes halogenated alkanes) is 24. The van der Waals surface area contributed by atoms with E-state index in [1.54, 1.807) is 0 Å². The topological polar surface area (TPSA) is 66.4 Å². The molecule has 0 aromatic heterocycles. The van der Waals surface area contributed by atoms with Gasteiger partial charge in [-0.2, -0.15) is 8.42 Å². The van der Waals surface area contributed by atoms with Crippen LogP contribution in [-0.2, 0) is 10.1 Å². The van der Waals surface area contributed by atoms with E-state index in [4.69, 9.17) is 4.55 Å². The molecule has 0 rings (SSSR count). The van der Waals surface area contributed by atoms with E-state index in [0.717, 1.165) is 12.8 Å². The van der Waals surface area contributed by atoms with Gasteiger partial charge in [-0.1, -0.05) is 167 Å². The van der Waals surface area contributed by atoms with E-state index < -0.39 is 10.1 Å². The molecular weight excluding hydrogens is 563 g/mol. The average molecular weight is 640 g/mol. The van der Waals surface area contributed by atoms with Crippen LogP contribution >= 0.6 is 0 Å². The first-order chi connectivity index (χ1) is 21.5. The van der Waals surface area contributed by atoms with Crippen molar-refractivity contribution in [1.29, 1.82) is 0 Å². The van der Waals surface area contributed by atoms with Crippen LogP contribution < -0.4 is 5.32 Å². The van der Waals surface area contributed by atoms with Crippen LogP contribution in [0.1, 0.15) is 206 Å². The molecule has 0 aliphatic carbocycles. The van der Waals surface area contributed by atoms with Gasteiger partial charge in [0.2, 0.25) is 0 Å². The number of hydrogen-bond acceptors (Lipinski definition) is 3. The van der Waals surface area contributed by atoms with Gasteiger partial charge in [0.15, 0.2) is 0 Å². The molecular formula is C39H77NO3S. The molecule has 0 bridgehead atoms. The Hall–Kier alpha value is -0.650. The van der Waals surface area contributed by atoms with Gasteiger partial charge in [0, 0.05) is 12.6 Å². The van der Waals surface area contributed by atoms with Crippen molar-refractivity contribution in [3.05, 3.63) is 24.3 Å². The molecule has 0 aromatic carbocycles. The normalized spacial score (nSPS) is 13.1. The molecule has 44 heavy (non-hydrogen) atoms. The first kappa shape index (κ1) is 43.4. The fourth-order valence-electron chi connectivity index (χ4n) is 6.02. The molecule has 0 atom stereocenters. The Bertz CT molecular complexity index is 677. The summed E-state index contributed by atoms with van der Waals surface area (Å²) in [6.07, 6.45) is 48.7. The van der Waals surface area contributed by atoms with E-state index in [1.807, 2.05) is 0 Å². The average Bonchev–Trinajstić information content (AvgIpc) is 2.99. The van der Waals surface area contributed by atoms with Crippen LogP contribution in [0, 0.1) is 0 Å². The summed E-state index contributed by atoms with van der Waals surface area (Å²) in [5.41, 5.74) is 0. The summed E-state index contributed by atoms with van der Waals surface area (Å²) < 4.78 is 31.4. The second-order valence-electron chi connectivity index (χ2n) is 13.4. The van der Waals surface area contributed by atoms with Crippen LogP contribution in [0.5, 0.6) is 0 Å². The number of nitrogens with one attached hydrogen (secondary N) is 1. The molecule has 4 nitrogen and oxygen atoms in total. The molecule has 0 aliphatic rings. The molecule has 0 spiro atoms. The largest absolute Gasteiger partial charge is 0.313 e. The predicted molar refractivity (Wildman–Crippen MR) is 196 cm³/mol. The highest BCUT2D eigenvalue weighted by Gasteiger charge is 2.10. The van der Waals surface area contributed by atoms with Gasteiger partial charge in [0.05, 0.1) is 5.75 Å². The minimum atomic E-state index is -3.90. The van der Waals surface area contributed by atoms with Crippen molar-refractivity contribution in [1.82, 2.24) is 5.32 Å². The Morgan fingerprint density at radius 2 is 0.773 bits per heavy atom. The SMILES string of the molecule is CCCCCCCCC=CCCCCCCCCC(CCCCCCCCC=CCCCCCCCC)NCCS(=O)(=O)O. The summed E-state index contributed by atoms with van der Waals surface area (Å²) in [6.45, 7) is 4.90. The summed E-state index contributed by atoms with van der Waals surface area (Å²) in [5, 5.41) is 3.43. The van der Waals surface area contributed by atoms with Crippen molar-refractivity contribution in [2.75, 3.05) is 12.3 Å². The van der Waals surface area contributed by atoms with Crippen LogP contribution in [0.2, 0.25) is 0 Å². The molecule has 0 amide bonds. The molecule has 0 unspecified atom stereocenters. The zero-order valence-electron chi connectivity index (χ0n) is 29.7. The zero-order valence-corrected chi connectivity index (χ0v) is 30.5. The lowest BCUT2D eigenvalue weighted by molar-refractivity contribution is 0.415. The van der Waals surface area contributed by atoms with Gasteiger partial charge in [-0.3, -0.25) is 4.55 Å². The van der Waals surface area contributed by atoms with Crippen molar-refractivity contribution < 1.29 is 13.0 Å². The van der Waals surface area contributed by atoms with Gasteiger partial charge >= 0.3 is 0 Å². The highest BCUT2D eigenvalue weighted by Crippen LogP contribution is 2.16. The monoisotopic (exact) mass is 640 g/mol. The smallest absolute Gasteiger partial charge is 0.266 e. The molecule has 0 aliphatic heterocycles. The highest BCUT2D eigenvalue weighted by atomic mass is 32.2. The highest BCUT2D eigenvalue weighted by molar-refractivity contribution is 7.85. The maximum atomic E-state index is 11.2. The third kappa shape index (κ3) is 37.5. The van der Waals surface area contributed by atoms with E-state index in [9.17, 15) is 8.42 Å². The molecule has 0 saturated heterocycles. The second kappa shape index (κ2) is 35.2. The van der Waals surface area contributed by atoms with E-state index >= 15 is 0 Å². The predicted octanol–water partition coefficient (Wildman–Crippen LogP) is 12.7. The fourth-order valence-corrected chi connectivity index (χ4v) is 6.39. The molecule has 5 heteroatoms. The van der Waals surface area contributed by atoms with E-state index in [0.29, 0.717) is 12.6 Å². The van der Waals surface area contributed by atoms with Crippen molar-refractivity contribution >= 4 is 10.1 Å². The summed E-state index contributed by atoms with van der Waals surface area (Å²) >= 11 is 0. The van der Waals surface area contributed by atoms with Crippen molar-refractivity contribution in [3.8, 4) is 0 Å². The number of allylic oxidation sites excluding steroid dienone is 4. The van der Waals surface area contributed by atoms with Crippen molar-refractivity contribution in [2.24, 2.45) is 0 Å². The van der Waals surface area contributed by atoms with Crippen LogP contribution in [-0.4, -0.2) is 31.3 Å². The van der Waals surface area contributed by atoms with Crippen LogP contribution in [0.4, 0.5) is 0 Å². The minimum Gasteiger partial charge on any atom is -0.313 e. The van der Waals surface area contributed by atoms with Crippen LogP contribution in [0.3, 0.4) is 0 Å². The minimum absolute atomic E-state index is 0.190. The lowest BCUT2D eigenvalue weighted by atomic mass is 9.99. The quantitative estimate of drug-likeness (QED) is 0.0406. The molecule has 0 fully saturated rings. The van der Waals surface area contributed by atoms with E-state index in [1.165, 1.54) is 180 Å². The molecule has 0 heterocycles. The third-order valence-corrected chi connectivity index (χ3v) is 9.64. The van der Waals surface area contributed by atoms with Crippen molar-refractivity contribution in [3.63, 3.8) is 0 Å². The third-order valence-electron chi connectivity index (χ3n) is 8.92. The van der Waals surface area contributed by atoms with Crippen molar-refractivity contribution in [2.45, 2.75) is 213 Å². The van der Waals surface area contributed by atoms with Gasteiger partial charge in [0.1, 0.15) is 0 Å². The number of hydrogen-bond donors (Lipinski definition) is 2. The lowest BCUT2D eigenvalue weighted by Crippen LogP contribution is -2.33. The zero-order chi connectivity index (χ0) is 32.2. The Kier molecular flexibility index (Phi) is 34.7. The molecule has 0 aromatic rings. The van der Waals surface area contributed by atoms with Crippen LogP contribution in [0.25, 0.3) is 0 Å². The van der Waals surface area contributed by atoms with Gasteiger partial charge in [-0.25, -0.2) is 0 Å². The van der Waals surface area contributed by atoms with E-state index in [2.05, 4.69) is 43.5 Å². The Labute approximate surface area is 276 Å². The number of rotatable bonds is 36. The molecule has 262 valence electrons. The maximum absolute atomic E-state index is 11.2. The molecule has 0 radical (unpaired) electrons. The van der Waals surface area contributed by atoms with E-state index in [-0.39, 0.29) is 5.75 Å². The molecule has 2 N–H and O–H groups in total. The second-order valence-corrected chi connectivity index (χ2v) is 15.0. The first-order valence-corrected chi connectivity index (χ1v) is 21.1. The Balaban J connectivity index is 3.81. The van der Waals surface area contributed by atoms with Gasteiger partial charge in [-0.15, -0.1) is 0 Å². The summed E-state index contributed by atoms with van der Waals surface area (Å²) in [7, 11) is -3.90. The maximum Gasteiger partial charge on any atom is 0.266 e. The van der Waals surface area contributed by atoms with Gasteiger partial charge < -0.3 is 5.32 Å². The standard InChI is InChI=1S/C39H77NO3S/c1-3-5-7-9-11-13-15-17-19-21-23-25-27-29-31-33-35-39(40-37-38-44(41,42)43)36-34-32-30-28-26-24-22-20-18-16-14-12-10-8-6-4-2/h17-20,39-40H,3-16,21-38H2,1-2H3,(H,41,42,43). The van der Waals surface area contributed by atoms with Gasteiger partial charge in [-0.05, 0) is 64.2 Å². The first-order valence-electron chi connectivity index (χ1n) is 19.5. The summed E-state index contributed by atoms with van der Waals surface area (Å²) in [6, 6.07) is 0.366. The lowest BCUT2D eigenvalue weighted by Gasteiger charge is -2.18. The van der Waals surface area contributed by atoms with Gasteiger partial charge in [0.25, 0.3) is 10.1 Å². The Morgan fingerprint density at radius 3 is 1.09 bits per heavy atom. The Morgan fingerprint density at radius 1 is 0.477 bits per heavy atom. The molecule has 0 saturated carbocycles. The van der Waals surface area contributed by atoms with Crippen LogP contribution in [0.15, 0.2) is 24.3 Å². The summed E-state index contributed by atoms with van der Waals surface area (Å²) in [5.74, 6) is -0.190.